The summed E-state index contributed by atoms with van der Waals surface area (Å²) in [7, 11) is 3.16. The van der Waals surface area contributed by atoms with E-state index in [4.69, 9.17) is 9.47 Å². The molecule has 1 aromatic rings. The second-order valence-corrected chi connectivity index (χ2v) is 5.83. The summed E-state index contributed by atoms with van der Waals surface area (Å²) in [6.45, 7) is 1.55. The molecule has 0 atom stereocenters. The summed E-state index contributed by atoms with van der Waals surface area (Å²) in [4.78, 5) is 14.9. The van der Waals surface area contributed by atoms with Gasteiger partial charge in [0, 0.05) is 17.9 Å². The molecule has 2 rings (SSSR count). The molecule has 0 N–H and O–H groups in total. The number of nitrogens with zero attached hydrogens (tertiary/aromatic N) is 1. The van der Waals surface area contributed by atoms with Gasteiger partial charge in [-0.2, -0.15) is 0 Å². The SMILES string of the molecule is COc1ccc(OC)c(C(=O)N2CCC(Br)CC2)c1. The van der Waals surface area contributed by atoms with E-state index in [-0.39, 0.29) is 5.91 Å². The smallest absolute Gasteiger partial charge is 0.257 e. The van der Waals surface area contributed by atoms with Gasteiger partial charge in [-0.25, -0.2) is 0 Å². The van der Waals surface area contributed by atoms with E-state index >= 15 is 0 Å². The number of likely N-dealkylation sites (tertiary alicyclic amines) is 1. The van der Waals surface area contributed by atoms with Crippen LogP contribution in [0.4, 0.5) is 0 Å². The standard InChI is InChI=1S/C14H18BrNO3/c1-18-11-3-4-13(19-2)12(9-11)14(17)16-7-5-10(15)6-8-16/h3-4,9-10H,5-8H2,1-2H3. The minimum atomic E-state index is 0.00940. The first-order chi connectivity index (χ1) is 9.15. The van der Waals surface area contributed by atoms with Crippen LogP contribution in [0, 0.1) is 0 Å². The molecule has 1 aliphatic heterocycles. The van der Waals surface area contributed by atoms with Gasteiger partial charge in [-0.15, -0.1) is 0 Å². The molecule has 0 saturated carbocycles. The Bertz CT molecular complexity index is 456. The highest BCUT2D eigenvalue weighted by Crippen LogP contribution is 2.27. The van der Waals surface area contributed by atoms with Crippen molar-refractivity contribution >= 4 is 21.8 Å². The van der Waals surface area contributed by atoms with Crippen molar-refractivity contribution in [3.05, 3.63) is 23.8 Å². The lowest BCUT2D eigenvalue weighted by Gasteiger charge is -2.30. The number of alkyl halides is 1. The van der Waals surface area contributed by atoms with Crippen LogP contribution in [0.15, 0.2) is 18.2 Å². The highest BCUT2D eigenvalue weighted by atomic mass is 79.9. The monoisotopic (exact) mass is 327 g/mol. The van der Waals surface area contributed by atoms with Crippen molar-refractivity contribution in [2.75, 3.05) is 27.3 Å². The molecular weight excluding hydrogens is 310 g/mol. The maximum Gasteiger partial charge on any atom is 0.257 e. The maximum atomic E-state index is 12.5. The van der Waals surface area contributed by atoms with Crippen LogP contribution < -0.4 is 9.47 Å². The van der Waals surface area contributed by atoms with Gasteiger partial charge in [0.2, 0.25) is 0 Å². The summed E-state index contributed by atoms with van der Waals surface area (Å²) < 4.78 is 10.4. The number of ether oxygens (including phenoxy) is 2. The number of halogens is 1. The van der Waals surface area contributed by atoms with E-state index in [1.54, 1.807) is 32.4 Å². The van der Waals surface area contributed by atoms with Gasteiger partial charge in [-0.05, 0) is 31.0 Å². The molecule has 4 nitrogen and oxygen atoms in total. The van der Waals surface area contributed by atoms with Gasteiger partial charge in [0.05, 0.1) is 19.8 Å². The number of hydrogen-bond acceptors (Lipinski definition) is 3. The Balaban J connectivity index is 2.22. The first-order valence-electron chi connectivity index (χ1n) is 6.31. The second-order valence-electron chi connectivity index (χ2n) is 4.53. The van der Waals surface area contributed by atoms with Crippen LogP contribution in [0.3, 0.4) is 0 Å². The molecule has 19 heavy (non-hydrogen) atoms. The minimum Gasteiger partial charge on any atom is -0.497 e. The molecule has 0 bridgehead atoms. The van der Waals surface area contributed by atoms with Crippen molar-refractivity contribution in [1.82, 2.24) is 4.90 Å². The Morgan fingerprint density at radius 3 is 2.53 bits per heavy atom. The van der Waals surface area contributed by atoms with Gasteiger partial charge >= 0.3 is 0 Å². The topological polar surface area (TPSA) is 38.8 Å². The molecule has 1 saturated heterocycles. The molecule has 5 heteroatoms. The largest absolute Gasteiger partial charge is 0.497 e. The fourth-order valence-corrected chi connectivity index (χ4v) is 2.61. The number of hydrogen-bond donors (Lipinski definition) is 0. The number of carbonyl (C=O) groups is 1. The van der Waals surface area contributed by atoms with Crippen molar-refractivity contribution < 1.29 is 14.3 Å². The van der Waals surface area contributed by atoms with E-state index in [9.17, 15) is 4.79 Å². The molecular formula is C14H18BrNO3. The van der Waals surface area contributed by atoms with Crippen LogP contribution >= 0.6 is 15.9 Å². The molecule has 1 heterocycles. The summed E-state index contributed by atoms with van der Waals surface area (Å²) in [5.74, 6) is 1.27. The number of rotatable bonds is 3. The lowest BCUT2D eigenvalue weighted by Crippen LogP contribution is -2.38. The number of amides is 1. The van der Waals surface area contributed by atoms with Crippen LogP contribution in [-0.2, 0) is 0 Å². The average Bonchev–Trinajstić information content (AvgIpc) is 2.46. The maximum absolute atomic E-state index is 12.5. The van der Waals surface area contributed by atoms with Crippen molar-refractivity contribution in [2.24, 2.45) is 0 Å². The third-order valence-corrected chi connectivity index (χ3v) is 4.26. The molecule has 1 aromatic carbocycles. The molecule has 0 spiro atoms. The number of methoxy groups -OCH3 is 2. The van der Waals surface area contributed by atoms with Gasteiger partial charge < -0.3 is 14.4 Å². The van der Waals surface area contributed by atoms with Crippen LogP contribution in [0.25, 0.3) is 0 Å². The Labute approximate surface area is 121 Å². The number of carbonyl (C=O) groups excluding carboxylic acids is 1. The zero-order chi connectivity index (χ0) is 13.8. The average molecular weight is 328 g/mol. The first-order valence-corrected chi connectivity index (χ1v) is 7.22. The molecule has 104 valence electrons. The van der Waals surface area contributed by atoms with Gasteiger partial charge in [0.25, 0.3) is 5.91 Å². The van der Waals surface area contributed by atoms with E-state index in [1.165, 1.54) is 0 Å². The van der Waals surface area contributed by atoms with Gasteiger partial charge in [-0.1, -0.05) is 15.9 Å². The summed E-state index contributed by atoms with van der Waals surface area (Å²) in [6, 6.07) is 5.30. The normalized spacial score (nSPS) is 16.3. The van der Waals surface area contributed by atoms with E-state index in [0.29, 0.717) is 21.9 Å². The molecule has 1 aliphatic rings. The van der Waals surface area contributed by atoms with Gasteiger partial charge in [0.15, 0.2) is 0 Å². The zero-order valence-corrected chi connectivity index (χ0v) is 12.8. The Morgan fingerprint density at radius 2 is 1.95 bits per heavy atom. The first kappa shape index (κ1) is 14.2. The summed E-state index contributed by atoms with van der Waals surface area (Å²) in [5, 5.41) is 0. The molecule has 0 aliphatic carbocycles. The number of piperidine rings is 1. The highest BCUT2D eigenvalue weighted by Gasteiger charge is 2.24. The molecule has 0 unspecified atom stereocenters. The highest BCUT2D eigenvalue weighted by molar-refractivity contribution is 9.09. The minimum absolute atomic E-state index is 0.00940. The molecule has 0 radical (unpaired) electrons. The van der Waals surface area contributed by atoms with Crippen LogP contribution in [0.1, 0.15) is 23.2 Å². The lowest BCUT2D eigenvalue weighted by molar-refractivity contribution is 0.0724. The fraction of sp³-hybridized carbons (Fsp3) is 0.500. The van der Waals surface area contributed by atoms with Gasteiger partial charge in [-0.3, -0.25) is 4.79 Å². The summed E-state index contributed by atoms with van der Waals surface area (Å²) in [6.07, 6.45) is 1.97. The third-order valence-electron chi connectivity index (χ3n) is 3.35. The molecule has 1 amide bonds. The summed E-state index contributed by atoms with van der Waals surface area (Å²) >= 11 is 3.59. The van der Waals surface area contributed by atoms with Crippen molar-refractivity contribution in [1.29, 1.82) is 0 Å². The van der Waals surface area contributed by atoms with Crippen LogP contribution in [-0.4, -0.2) is 42.9 Å². The third kappa shape index (κ3) is 3.21. The molecule has 0 aromatic heterocycles. The second kappa shape index (κ2) is 6.28. The zero-order valence-electron chi connectivity index (χ0n) is 11.2. The summed E-state index contributed by atoms with van der Waals surface area (Å²) in [5.41, 5.74) is 0.565. The predicted octanol–water partition coefficient (Wildman–Crippen LogP) is 2.70. The van der Waals surface area contributed by atoms with Crippen LogP contribution in [0.5, 0.6) is 11.5 Å². The Kier molecular flexibility index (Phi) is 4.69. The Morgan fingerprint density at radius 1 is 1.26 bits per heavy atom. The van der Waals surface area contributed by atoms with E-state index in [0.717, 1.165) is 25.9 Å². The fourth-order valence-electron chi connectivity index (χ4n) is 2.20. The van der Waals surface area contributed by atoms with Crippen molar-refractivity contribution in [3.8, 4) is 11.5 Å². The predicted molar refractivity (Wildman–Crippen MR) is 77.4 cm³/mol. The van der Waals surface area contributed by atoms with E-state index in [1.807, 2.05) is 4.90 Å². The van der Waals surface area contributed by atoms with Crippen molar-refractivity contribution in [3.63, 3.8) is 0 Å². The van der Waals surface area contributed by atoms with E-state index < -0.39 is 0 Å². The van der Waals surface area contributed by atoms with Crippen molar-refractivity contribution in [2.45, 2.75) is 17.7 Å². The van der Waals surface area contributed by atoms with E-state index in [2.05, 4.69) is 15.9 Å². The van der Waals surface area contributed by atoms with Gasteiger partial charge in [0.1, 0.15) is 11.5 Å². The Hall–Kier alpha value is -1.23. The number of benzene rings is 1. The molecule has 1 fully saturated rings. The lowest BCUT2D eigenvalue weighted by atomic mass is 10.1. The van der Waals surface area contributed by atoms with Crippen LogP contribution in [0.2, 0.25) is 0 Å². The quantitative estimate of drug-likeness (QED) is 0.801.